The van der Waals surface area contributed by atoms with Crippen LogP contribution in [0.1, 0.15) is 24.0 Å². The van der Waals surface area contributed by atoms with Crippen LogP contribution < -0.4 is 0 Å². The Kier molecular flexibility index (Phi) is 5.90. The van der Waals surface area contributed by atoms with E-state index in [1.54, 1.807) is 9.80 Å². The first kappa shape index (κ1) is 20.6. The van der Waals surface area contributed by atoms with Gasteiger partial charge in [0.05, 0.1) is 17.4 Å². The molecule has 0 bridgehead atoms. The largest absolute Gasteiger partial charge is 0.338 e. The number of hydrogen-bond donors (Lipinski definition) is 0. The Morgan fingerprint density at radius 1 is 0.967 bits per heavy atom. The maximum Gasteiger partial charge on any atom is 0.228 e. The lowest BCUT2D eigenvalue weighted by atomic mass is 10.1. The van der Waals surface area contributed by atoms with Crippen LogP contribution in [0.15, 0.2) is 60.7 Å². The molecule has 0 saturated carbocycles. The van der Waals surface area contributed by atoms with E-state index in [2.05, 4.69) is 0 Å². The first-order valence-electron chi connectivity index (χ1n) is 10.3. The molecular formula is C23H26N2O4S. The minimum atomic E-state index is -3.08. The van der Waals surface area contributed by atoms with Crippen LogP contribution in [0, 0.1) is 5.92 Å². The normalized spacial score (nSPS) is 22.9. The molecule has 2 aromatic carbocycles. The zero-order valence-corrected chi connectivity index (χ0v) is 17.6. The third kappa shape index (κ3) is 4.73. The Morgan fingerprint density at radius 3 is 2.03 bits per heavy atom. The van der Waals surface area contributed by atoms with Crippen LogP contribution in [-0.2, 0) is 32.5 Å². The smallest absolute Gasteiger partial charge is 0.228 e. The van der Waals surface area contributed by atoms with Crippen molar-refractivity contribution in [3.63, 3.8) is 0 Å². The highest BCUT2D eigenvalue weighted by Gasteiger charge is 2.42. The van der Waals surface area contributed by atoms with Gasteiger partial charge in [-0.2, -0.15) is 0 Å². The predicted molar refractivity (Wildman–Crippen MR) is 114 cm³/mol. The van der Waals surface area contributed by atoms with E-state index in [1.807, 2.05) is 60.7 Å². The molecule has 2 aliphatic heterocycles. The molecule has 2 fully saturated rings. The van der Waals surface area contributed by atoms with E-state index in [9.17, 15) is 18.0 Å². The van der Waals surface area contributed by atoms with Crippen LogP contribution in [0.5, 0.6) is 0 Å². The van der Waals surface area contributed by atoms with E-state index in [1.165, 1.54) is 0 Å². The van der Waals surface area contributed by atoms with Gasteiger partial charge in [-0.15, -0.1) is 0 Å². The second kappa shape index (κ2) is 8.60. The van der Waals surface area contributed by atoms with Gasteiger partial charge >= 0.3 is 0 Å². The Morgan fingerprint density at radius 2 is 1.53 bits per heavy atom. The summed E-state index contributed by atoms with van der Waals surface area (Å²) >= 11 is 0. The van der Waals surface area contributed by atoms with Crippen molar-refractivity contribution in [3.05, 3.63) is 71.8 Å². The topological polar surface area (TPSA) is 74.8 Å². The van der Waals surface area contributed by atoms with Gasteiger partial charge in [0.15, 0.2) is 9.84 Å². The van der Waals surface area contributed by atoms with Crippen molar-refractivity contribution in [2.45, 2.75) is 32.0 Å². The number of hydrogen-bond acceptors (Lipinski definition) is 4. The summed E-state index contributed by atoms with van der Waals surface area (Å²) in [5.41, 5.74) is 2.06. The fourth-order valence-electron chi connectivity index (χ4n) is 4.35. The van der Waals surface area contributed by atoms with Crippen molar-refractivity contribution < 1.29 is 18.0 Å². The summed E-state index contributed by atoms with van der Waals surface area (Å²) in [5, 5.41) is 0. The Labute approximate surface area is 177 Å². The first-order valence-corrected chi connectivity index (χ1v) is 12.1. The van der Waals surface area contributed by atoms with Gasteiger partial charge in [0.1, 0.15) is 0 Å². The lowest BCUT2D eigenvalue weighted by molar-refractivity contribution is -0.137. The second-order valence-corrected chi connectivity index (χ2v) is 10.4. The van der Waals surface area contributed by atoms with E-state index in [0.29, 0.717) is 26.1 Å². The van der Waals surface area contributed by atoms with Gasteiger partial charge in [-0.3, -0.25) is 9.59 Å². The average molecular weight is 427 g/mol. The summed E-state index contributed by atoms with van der Waals surface area (Å²) < 4.78 is 23.6. The molecule has 2 aliphatic rings. The van der Waals surface area contributed by atoms with E-state index in [0.717, 1.165) is 11.1 Å². The van der Waals surface area contributed by atoms with E-state index >= 15 is 0 Å². The fourth-order valence-corrected chi connectivity index (χ4v) is 6.08. The molecule has 7 heteroatoms. The zero-order chi connectivity index (χ0) is 21.1. The van der Waals surface area contributed by atoms with Crippen molar-refractivity contribution in [2.75, 3.05) is 18.1 Å². The summed E-state index contributed by atoms with van der Waals surface area (Å²) in [4.78, 5) is 29.4. The molecule has 2 saturated heterocycles. The first-order chi connectivity index (χ1) is 14.4. The van der Waals surface area contributed by atoms with Gasteiger partial charge in [-0.05, 0) is 17.5 Å². The lowest BCUT2D eigenvalue weighted by Crippen LogP contribution is -2.40. The van der Waals surface area contributed by atoms with Crippen LogP contribution in [0.25, 0.3) is 0 Å². The third-order valence-corrected chi connectivity index (χ3v) is 7.65. The molecule has 2 unspecified atom stereocenters. The SMILES string of the molecule is O=C(C1CC(=O)N(C2CCS(=O)(=O)C2)C1)N(Cc1ccccc1)Cc1ccccc1. The maximum atomic E-state index is 13.4. The standard InChI is InChI=1S/C23H26N2O4S/c26-22-13-20(16-25(22)21-11-12-30(28,29)17-21)23(27)24(14-18-7-3-1-4-8-18)15-19-9-5-2-6-10-19/h1-10,20-21H,11-17H2. The molecule has 158 valence electrons. The van der Waals surface area contributed by atoms with Crippen LogP contribution in [0.4, 0.5) is 0 Å². The quantitative estimate of drug-likeness (QED) is 0.710. The summed E-state index contributed by atoms with van der Waals surface area (Å²) in [6, 6.07) is 19.3. The number of benzene rings is 2. The third-order valence-electron chi connectivity index (χ3n) is 5.90. The van der Waals surface area contributed by atoms with Crippen molar-refractivity contribution in [3.8, 4) is 0 Å². The molecule has 0 N–H and O–H groups in total. The highest BCUT2D eigenvalue weighted by molar-refractivity contribution is 7.91. The molecule has 30 heavy (non-hydrogen) atoms. The van der Waals surface area contributed by atoms with E-state index < -0.39 is 15.8 Å². The molecule has 0 aromatic heterocycles. The molecule has 0 spiro atoms. The number of rotatable bonds is 6. The van der Waals surface area contributed by atoms with Crippen LogP contribution in [0.3, 0.4) is 0 Å². The number of likely N-dealkylation sites (tertiary alicyclic amines) is 1. The summed E-state index contributed by atoms with van der Waals surface area (Å²) in [5.74, 6) is -0.478. The molecule has 2 amide bonds. The highest BCUT2D eigenvalue weighted by atomic mass is 32.2. The average Bonchev–Trinajstić information content (AvgIpc) is 3.30. The van der Waals surface area contributed by atoms with Gasteiger partial charge in [-0.25, -0.2) is 8.42 Å². The van der Waals surface area contributed by atoms with Crippen LogP contribution in [0.2, 0.25) is 0 Å². The lowest BCUT2D eigenvalue weighted by Gasteiger charge is -2.27. The Balaban J connectivity index is 1.50. The number of sulfone groups is 1. The van der Waals surface area contributed by atoms with Crippen molar-refractivity contribution in [1.29, 1.82) is 0 Å². The molecule has 2 heterocycles. The zero-order valence-electron chi connectivity index (χ0n) is 16.8. The number of carbonyl (C=O) groups is 2. The summed E-state index contributed by atoms with van der Waals surface area (Å²) in [6.07, 6.45) is 0.613. The van der Waals surface area contributed by atoms with Crippen molar-refractivity contribution >= 4 is 21.7 Å². The van der Waals surface area contributed by atoms with Crippen LogP contribution >= 0.6 is 0 Å². The molecule has 0 radical (unpaired) electrons. The molecule has 4 rings (SSSR count). The van der Waals surface area contributed by atoms with Crippen molar-refractivity contribution in [2.24, 2.45) is 5.92 Å². The molecule has 0 aliphatic carbocycles. The number of amides is 2. The molecule has 2 atom stereocenters. The minimum absolute atomic E-state index is 0.0113. The summed E-state index contributed by atoms with van der Waals surface area (Å²) in [6.45, 7) is 1.24. The molecule has 2 aromatic rings. The van der Waals surface area contributed by atoms with Crippen molar-refractivity contribution in [1.82, 2.24) is 9.80 Å². The second-order valence-electron chi connectivity index (χ2n) is 8.17. The monoisotopic (exact) mass is 426 g/mol. The van der Waals surface area contributed by atoms with Gasteiger partial charge in [0.25, 0.3) is 0 Å². The molecular weight excluding hydrogens is 400 g/mol. The molecule has 6 nitrogen and oxygen atoms in total. The highest BCUT2D eigenvalue weighted by Crippen LogP contribution is 2.28. The Bertz CT molecular complexity index is 967. The summed E-state index contributed by atoms with van der Waals surface area (Å²) in [7, 11) is -3.08. The predicted octanol–water partition coefficient (Wildman–Crippen LogP) is 2.25. The van der Waals surface area contributed by atoms with E-state index in [4.69, 9.17) is 0 Å². The number of carbonyl (C=O) groups excluding carboxylic acids is 2. The maximum absolute atomic E-state index is 13.4. The van der Waals surface area contributed by atoms with Gasteiger partial charge in [0.2, 0.25) is 11.8 Å². The minimum Gasteiger partial charge on any atom is -0.338 e. The van der Waals surface area contributed by atoms with Gasteiger partial charge < -0.3 is 9.80 Å². The van der Waals surface area contributed by atoms with Crippen LogP contribution in [-0.4, -0.2) is 54.1 Å². The van der Waals surface area contributed by atoms with Gasteiger partial charge in [0, 0.05) is 32.1 Å². The van der Waals surface area contributed by atoms with E-state index in [-0.39, 0.29) is 35.8 Å². The number of nitrogens with zero attached hydrogens (tertiary/aromatic N) is 2. The Hall–Kier alpha value is -2.67. The fraction of sp³-hybridized carbons (Fsp3) is 0.391. The van der Waals surface area contributed by atoms with Gasteiger partial charge in [-0.1, -0.05) is 60.7 Å².